The molecule has 5 nitrogen and oxygen atoms in total. The quantitative estimate of drug-likeness (QED) is 0.688. The van der Waals surface area contributed by atoms with Crippen molar-refractivity contribution in [1.29, 1.82) is 0 Å². The second kappa shape index (κ2) is 8.00. The first kappa shape index (κ1) is 19.2. The van der Waals surface area contributed by atoms with Crippen molar-refractivity contribution in [2.24, 2.45) is 5.92 Å². The average molecular weight is 386 g/mol. The van der Waals surface area contributed by atoms with Crippen molar-refractivity contribution >= 4 is 22.4 Å². The number of rotatable bonds is 6. The van der Waals surface area contributed by atoms with Gasteiger partial charge in [-0.25, -0.2) is 9.37 Å². The van der Waals surface area contributed by atoms with Crippen molar-refractivity contribution < 1.29 is 9.18 Å². The van der Waals surface area contributed by atoms with E-state index in [-0.39, 0.29) is 17.6 Å². The van der Waals surface area contributed by atoms with Gasteiger partial charge in [-0.1, -0.05) is 25.1 Å². The monoisotopic (exact) mass is 386 g/mol. The zero-order valence-electron chi connectivity index (χ0n) is 15.9. The summed E-state index contributed by atoms with van der Waals surface area (Å²) in [7, 11) is 0. The van der Waals surface area contributed by atoms with Gasteiger partial charge >= 0.3 is 0 Å². The summed E-state index contributed by atoms with van der Waals surface area (Å²) in [5.41, 5.74) is 3.83. The van der Waals surface area contributed by atoms with Crippen molar-refractivity contribution in [2.45, 2.75) is 40.7 Å². The molecule has 2 aromatic heterocycles. The van der Waals surface area contributed by atoms with Crippen molar-refractivity contribution in [3.05, 3.63) is 63.7 Å². The Morgan fingerprint density at radius 1 is 1.30 bits per heavy atom. The van der Waals surface area contributed by atoms with Gasteiger partial charge in [0.05, 0.1) is 18.2 Å². The van der Waals surface area contributed by atoms with Crippen LogP contribution >= 0.6 is 11.3 Å². The molecule has 0 fully saturated rings. The maximum Gasteiger partial charge on any atom is 0.230 e. The lowest BCUT2D eigenvalue weighted by molar-refractivity contribution is -0.119. The smallest absolute Gasteiger partial charge is 0.230 e. The van der Waals surface area contributed by atoms with Crippen LogP contribution in [0.15, 0.2) is 30.5 Å². The van der Waals surface area contributed by atoms with Crippen LogP contribution < -0.4 is 5.32 Å². The molecule has 0 aliphatic heterocycles. The normalized spacial score (nSPS) is 12.2. The van der Waals surface area contributed by atoms with Crippen LogP contribution in [0.25, 0.3) is 0 Å². The number of halogens is 1. The lowest BCUT2D eigenvalue weighted by Crippen LogP contribution is -2.25. The van der Waals surface area contributed by atoms with E-state index in [9.17, 15) is 9.18 Å². The Kier molecular flexibility index (Phi) is 5.70. The third kappa shape index (κ3) is 4.42. The molecule has 2 heterocycles. The third-order valence-corrected chi connectivity index (χ3v) is 5.66. The number of nitrogens with zero attached hydrogens (tertiary/aromatic N) is 3. The van der Waals surface area contributed by atoms with Gasteiger partial charge in [-0.05, 0) is 38.0 Å². The molecule has 1 atom stereocenters. The minimum atomic E-state index is -0.249. The minimum absolute atomic E-state index is 0.105. The lowest BCUT2D eigenvalue weighted by atomic mass is 10.1. The molecule has 0 bridgehead atoms. The van der Waals surface area contributed by atoms with Crippen LogP contribution in [0.4, 0.5) is 9.52 Å². The summed E-state index contributed by atoms with van der Waals surface area (Å²) in [5.74, 6) is -0.585. The Balaban J connectivity index is 1.61. The number of thiazole rings is 1. The number of anilines is 1. The van der Waals surface area contributed by atoms with Crippen LogP contribution in [-0.4, -0.2) is 20.7 Å². The van der Waals surface area contributed by atoms with Gasteiger partial charge in [0.1, 0.15) is 5.82 Å². The molecule has 3 aromatic rings. The van der Waals surface area contributed by atoms with E-state index >= 15 is 0 Å². The number of carbonyl (C=O) groups excluding carboxylic acids is 1. The van der Waals surface area contributed by atoms with E-state index in [0.29, 0.717) is 23.7 Å². The van der Waals surface area contributed by atoms with E-state index in [0.717, 1.165) is 21.8 Å². The Morgan fingerprint density at radius 3 is 2.70 bits per heavy atom. The molecule has 0 unspecified atom stereocenters. The summed E-state index contributed by atoms with van der Waals surface area (Å²) < 4.78 is 15.6. The van der Waals surface area contributed by atoms with Crippen molar-refractivity contribution in [3.8, 4) is 0 Å². The van der Waals surface area contributed by atoms with E-state index in [1.54, 1.807) is 18.3 Å². The van der Waals surface area contributed by atoms with Gasteiger partial charge in [0.15, 0.2) is 5.13 Å². The number of amides is 1. The average Bonchev–Trinajstić information content (AvgIpc) is 3.17. The van der Waals surface area contributed by atoms with Crippen LogP contribution in [0, 0.1) is 32.5 Å². The minimum Gasteiger partial charge on any atom is -0.302 e. The SMILES string of the molecule is Cc1nn(C[C@@H](C)C(=O)Nc2ncc(Cc3ccccc3F)s2)c(C)c1C. The molecule has 0 spiro atoms. The fourth-order valence-electron chi connectivity index (χ4n) is 2.81. The number of benzene rings is 1. The first-order valence-corrected chi connectivity index (χ1v) is 9.66. The predicted octanol–water partition coefficient (Wildman–Crippen LogP) is 4.27. The van der Waals surface area contributed by atoms with Gasteiger partial charge in [-0.15, -0.1) is 11.3 Å². The number of hydrogen-bond donors (Lipinski definition) is 1. The predicted molar refractivity (Wildman–Crippen MR) is 106 cm³/mol. The Morgan fingerprint density at radius 2 is 2.04 bits per heavy atom. The second-order valence-electron chi connectivity index (χ2n) is 6.77. The van der Waals surface area contributed by atoms with Gasteiger partial charge in [0.2, 0.25) is 5.91 Å². The lowest BCUT2D eigenvalue weighted by Gasteiger charge is -2.12. The van der Waals surface area contributed by atoms with E-state index in [1.807, 2.05) is 38.4 Å². The highest BCUT2D eigenvalue weighted by molar-refractivity contribution is 7.15. The topological polar surface area (TPSA) is 59.8 Å². The summed E-state index contributed by atoms with van der Waals surface area (Å²) in [6.07, 6.45) is 2.14. The number of carbonyl (C=O) groups is 1. The van der Waals surface area contributed by atoms with Gasteiger partial charge in [0.25, 0.3) is 0 Å². The highest BCUT2D eigenvalue weighted by Crippen LogP contribution is 2.23. The number of aromatic nitrogens is 3. The molecule has 1 N–H and O–H groups in total. The largest absolute Gasteiger partial charge is 0.302 e. The number of nitrogens with one attached hydrogen (secondary N) is 1. The maximum atomic E-state index is 13.8. The van der Waals surface area contributed by atoms with Crippen LogP contribution in [-0.2, 0) is 17.8 Å². The van der Waals surface area contributed by atoms with Crippen LogP contribution in [0.5, 0.6) is 0 Å². The van der Waals surface area contributed by atoms with Crippen molar-refractivity contribution in [2.75, 3.05) is 5.32 Å². The Bertz CT molecular complexity index is 963. The Hall–Kier alpha value is -2.54. The highest BCUT2D eigenvalue weighted by atomic mass is 32.1. The molecule has 0 aliphatic carbocycles. The molecule has 1 amide bonds. The van der Waals surface area contributed by atoms with Gasteiger partial charge in [-0.2, -0.15) is 5.10 Å². The van der Waals surface area contributed by atoms with Crippen molar-refractivity contribution in [1.82, 2.24) is 14.8 Å². The van der Waals surface area contributed by atoms with E-state index < -0.39 is 0 Å². The molecule has 27 heavy (non-hydrogen) atoms. The van der Waals surface area contributed by atoms with Gasteiger partial charge in [0, 0.05) is 23.2 Å². The number of hydrogen-bond acceptors (Lipinski definition) is 4. The summed E-state index contributed by atoms with van der Waals surface area (Å²) >= 11 is 1.37. The molecule has 0 aliphatic rings. The van der Waals surface area contributed by atoms with Crippen LogP contribution in [0.3, 0.4) is 0 Å². The maximum absolute atomic E-state index is 13.8. The molecule has 0 radical (unpaired) electrons. The molecule has 3 rings (SSSR count). The van der Waals surface area contributed by atoms with Crippen LogP contribution in [0.1, 0.15) is 34.3 Å². The molecular formula is C20H23FN4OS. The van der Waals surface area contributed by atoms with Crippen molar-refractivity contribution in [3.63, 3.8) is 0 Å². The molecule has 142 valence electrons. The van der Waals surface area contributed by atoms with Gasteiger partial charge in [-0.3, -0.25) is 9.48 Å². The highest BCUT2D eigenvalue weighted by Gasteiger charge is 2.18. The summed E-state index contributed by atoms with van der Waals surface area (Å²) in [4.78, 5) is 17.6. The zero-order valence-corrected chi connectivity index (χ0v) is 16.7. The molecule has 0 saturated heterocycles. The fraction of sp³-hybridized carbons (Fsp3) is 0.350. The molecule has 0 saturated carbocycles. The molecule has 1 aromatic carbocycles. The van der Waals surface area contributed by atoms with E-state index in [2.05, 4.69) is 15.4 Å². The van der Waals surface area contributed by atoms with E-state index in [1.165, 1.54) is 17.4 Å². The van der Waals surface area contributed by atoms with Gasteiger partial charge < -0.3 is 5.32 Å². The first-order valence-electron chi connectivity index (χ1n) is 8.84. The van der Waals surface area contributed by atoms with Crippen LogP contribution in [0.2, 0.25) is 0 Å². The summed E-state index contributed by atoms with van der Waals surface area (Å²) in [6, 6.07) is 6.68. The summed E-state index contributed by atoms with van der Waals surface area (Å²) in [5, 5.41) is 7.87. The fourth-order valence-corrected chi connectivity index (χ4v) is 3.65. The molecular weight excluding hydrogens is 363 g/mol. The Labute approximate surface area is 162 Å². The first-order chi connectivity index (χ1) is 12.8. The second-order valence-corrected chi connectivity index (χ2v) is 7.88. The van der Waals surface area contributed by atoms with E-state index in [4.69, 9.17) is 0 Å². The zero-order chi connectivity index (χ0) is 19.6. The third-order valence-electron chi connectivity index (χ3n) is 4.74. The standard InChI is InChI=1S/C20H23FN4OS/c1-12(11-25-15(4)13(2)14(3)24-25)19(26)23-20-22-10-17(27-20)9-16-7-5-6-8-18(16)21/h5-8,10,12H,9,11H2,1-4H3,(H,22,23,26)/t12-/m1/s1. The number of aryl methyl sites for hydroxylation is 1. The molecule has 7 heteroatoms. The summed E-state index contributed by atoms with van der Waals surface area (Å²) in [6.45, 7) is 8.40.